The van der Waals surface area contributed by atoms with Gasteiger partial charge in [-0.1, -0.05) is 24.3 Å². The number of ether oxygens (including phenoxy) is 1. The molecule has 0 aliphatic carbocycles. The summed E-state index contributed by atoms with van der Waals surface area (Å²) >= 11 is 0. The third-order valence-corrected chi connectivity index (χ3v) is 5.98. The zero-order valence-corrected chi connectivity index (χ0v) is 17.5. The number of nitrogens with one attached hydrogen (secondary N) is 2. The molecular weight excluding hydrogens is 414 g/mol. The minimum Gasteiger partial charge on any atom is -0.467 e. The molecule has 2 aromatic rings. The molecule has 3 amide bonds. The Labute approximate surface area is 184 Å². The van der Waals surface area contributed by atoms with Gasteiger partial charge in [0, 0.05) is 24.6 Å². The predicted octanol–water partition coefficient (Wildman–Crippen LogP) is 1.86. The highest BCUT2D eigenvalue weighted by Crippen LogP contribution is 2.37. The number of fused-ring (bicyclic) bond motifs is 2. The molecule has 2 aromatic carbocycles. The summed E-state index contributed by atoms with van der Waals surface area (Å²) in [6, 6.07) is 11.2. The van der Waals surface area contributed by atoms with Gasteiger partial charge in [0.25, 0.3) is 11.8 Å². The molecule has 2 atom stereocenters. The molecule has 4 rings (SSSR count). The van der Waals surface area contributed by atoms with Gasteiger partial charge in [-0.3, -0.25) is 24.5 Å². The third kappa shape index (κ3) is 3.82. The van der Waals surface area contributed by atoms with Crippen LogP contribution in [0.2, 0.25) is 0 Å². The van der Waals surface area contributed by atoms with E-state index in [0.717, 1.165) is 21.7 Å². The second-order valence-corrected chi connectivity index (χ2v) is 7.83. The highest BCUT2D eigenvalue weighted by atomic mass is 16.5. The molecule has 0 spiro atoms. The number of hydrogen-bond donors (Lipinski definition) is 3. The van der Waals surface area contributed by atoms with Crippen LogP contribution in [0, 0.1) is 0 Å². The molecule has 0 bridgehead atoms. The van der Waals surface area contributed by atoms with Crippen LogP contribution in [0.15, 0.2) is 42.5 Å². The van der Waals surface area contributed by atoms with E-state index in [-0.39, 0.29) is 29.9 Å². The Kier molecular flexibility index (Phi) is 5.91. The molecule has 2 aliphatic heterocycles. The maximum Gasteiger partial charge on any atom is 0.329 e. The molecule has 1 unspecified atom stereocenters. The van der Waals surface area contributed by atoms with E-state index >= 15 is 0 Å². The van der Waals surface area contributed by atoms with Gasteiger partial charge in [0.1, 0.15) is 6.04 Å². The van der Waals surface area contributed by atoms with Crippen LogP contribution in [0.4, 0.5) is 5.69 Å². The topological polar surface area (TPSA) is 125 Å². The standard InChI is InChI=1S/C23H23N3O6/c1-32-23(30)19(26-21(28)16-4-2-3-5-17(16)22(26)29)11-14-12-24-18-10-13(6-8-15(14)18)7-9-20(27)25-31/h2-6,8,10,14,19,24,31H,7,9,11-12H2,1H3,(H,25,27)/t14?,19-/m0/s1. The number of benzene rings is 2. The summed E-state index contributed by atoms with van der Waals surface area (Å²) in [6.07, 6.45) is 0.846. The van der Waals surface area contributed by atoms with Gasteiger partial charge in [0.15, 0.2) is 0 Å². The van der Waals surface area contributed by atoms with Gasteiger partial charge in [0.05, 0.1) is 18.2 Å². The van der Waals surface area contributed by atoms with Crippen molar-refractivity contribution >= 4 is 29.4 Å². The Morgan fingerprint density at radius 2 is 1.88 bits per heavy atom. The minimum atomic E-state index is -1.04. The van der Waals surface area contributed by atoms with Gasteiger partial charge < -0.3 is 10.1 Å². The normalized spacial score (nSPS) is 17.4. The van der Waals surface area contributed by atoms with Crippen LogP contribution in [0.5, 0.6) is 0 Å². The van der Waals surface area contributed by atoms with Gasteiger partial charge in [-0.2, -0.15) is 0 Å². The molecule has 0 radical (unpaired) electrons. The van der Waals surface area contributed by atoms with Crippen LogP contribution in [0.1, 0.15) is 50.6 Å². The molecule has 0 fully saturated rings. The lowest BCUT2D eigenvalue weighted by atomic mass is 9.92. The summed E-state index contributed by atoms with van der Waals surface area (Å²) in [7, 11) is 1.24. The summed E-state index contributed by atoms with van der Waals surface area (Å²) in [4.78, 5) is 50.7. The van der Waals surface area contributed by atoms with Crippen LogP contribution >= 0.6 is 0 Å². The Hall–Kier alpha value is -3.72. The molecule has 0 aromatic heterocycles. The lowest BCUT2D eigenvalue weighted by molar-refractivity contribution is -0.145. The van der Waals surface area contributed by atoms with E-state index in [4.69, 9.17) is 9.94 Å². The first kappa shape index (κ1) is 21.5. The van der Waals surface area contributed by atoms with E-state index in [1.807, 2.05) is 18.2 Å². The van der Waals surface area contributed by atoms with E-state index in [9.17, 15) is 19.2 Å². The number of carbonyl (C=O) groups is 4. The third-order valence-electron chi connectivity index (χ3n) is 5.98. The van der Waals surface area contributed by atoms with Gasteiger partial charge in [-0.25, -0.2) is 10.3 Å². The number of amides is 3. The summed E-state index contributed by atoms with van der Waals surface area (Å²) in [5, 5.41) is 11.9. The number of anilines is 1. The van der Waals surface area contributed by atoms with E-state index in [1.54, 1.807) is 29.7 Å². The first-order valence-electron chi connectivity index (χ1n) is 10.3. The van der Waals surface area contributed by atoms with Gasteiger partial charge in [-0.15, -0.1) is 0 Å². The largest absolute Gasteiger partial charge is 0.467 e. The summed E-state index contributed by atoms with van der Waals surface area (Å²) < 4.78 is 4.94. The average Bonchev–Trinajstić information content (AvgIpc) is 3.33. The smallest absolute Gasteiger partial charge is 0.329 e. The molecule has 0 saturated carbocycles. The van der Waals surface area contributed by atoms with E-state index in [1.165, 1.54) is 7.11 Å². The Morgan fingerprint density at radius 1 is 1.19 bits per heavy atom. The number of rotatable bonds is 7. The van der Waals surface area contributed by atoms with Crippen molar-refractivity contribution < 1.29 is 29.1 Å². The molecule has 2 aliphatic rings. The van der Waals surface area contributed by atoms with E-state index in [0.29, 0.717) is 13.0 Å². The molecule has 166 valence electrons. The van der Waals surface area contributed by atoms with Crippen molar-refractivity contribution in [1.29, 1.82) is 0 Å². The SMILES string of the molecule is COC(=O)[C@H](CC1CNc2cc(CCC(=O)NO)ccc21)N1C(=O)c2ccccc2C1=O. The Morgan fingerprint density at radius 3 is 2.50 bits per heavy atom. The van der Waals surface area contributed by atoms with E-state index in [2.05, 4.69) is 5.32 Å². The number of esters is 1. The fourth-order valence-corrected chi connectivity index (χ4v) is 4.34. The van der Waals surface area contributed by atoms with E-state index < -0.39 is 29.7 Å². The molecule has 2 heterocycles. The van der Waals surface area contributed by atoms with Gasteiger partial charge in [-0.05, 0) is 42.2 Å². The zero-order valence-electron chi connectivity index (χ0n) is 17.5. The summed E-state index contributed by atoms with van der Waals surface area (Å²) in [6.45, 7) is 0.534. The van der Waals surface area contributed by atoms with Crippen molar-refractivity contribution in [2.45, 2.75) is 31.2 Å². The Bertz CT molecular complexity index is 1060. The number of aryl methyl sites for hydroxylation is 1. The quantitative estimate of drug-likeness (QED) is 0.261. The lowest BCUT2D eigenvalue weighted by Crippen LogP contribution is -2.46. The van der Waals surface area contributed by atoms with Crippen LogP contribution in [0.25, 0.3) is 0 Å². The molecule has 3 N–H and O–H groups in total. The fourth-order valence-electron chi connectivity index (χ4n) is 4.34. The van der Waals surface area contributed by atoms with Crippen LogP contribution < -0.4 is 10.8 Å². The minimum absolute atomic E-state index is 0.117. The first-order valence-corrected chi connectivity index (χ1v) is 10.3. The average molecular weight is 437 g/mol. The monoisotopic (exact) mass is 437 g/mol. The number of nitrogens with zero attached hydrogens (tertiary/aromatic N) is 1. The number of imide groups is 1. The van der Waals surface area contributed by atoms with Crippen LogP contribution in [-0.2, 0) is 20.7 Å². The summed E-state index contributed by atoms with van der Waals surface area (Å²) in [5.74, 6) is -2.21. The second-order valence-electron chi connectivity index (χ2n) is 7.83. The maximum atomic E-state index is 12.9. The van der Waals surface area contributed by atoms with Crippen molar-refractivity contribution in [1.82, 2.24) is 10.4 Å². The first-order chi connectivity index (χ1) is 15.4. The van der Waals surface area contributed by atoms with Crippen molar-refractivity contribution in [2.75, 3.05) is 19.0 Å². The molecule has 0 saturated heterocycles. The highest BCUT2D eigenvalue weighted by Gasteiger charge is 2.44. The molecule has 9 heteroatoms. The number of hydrogen-bond acceptors (Lipinski definition) is 7. The van der Waals surface area contributed by atoms with Crippen molar-refractivity contribution in [3.8, 4) is 0 Å². The predicted molar refractivity (Wildman–Crippen MR) is 113 cm³/mol. The van der Waals surface area contributed by atoms with Crippen molar-refractivity contribution in [3.63, 3.8) is 0 Å². The maximum absolute atomic E-state index is 12.9. The van der Waals surface area contributed by atoms with Crippen molar-refractivity contribution in [3.05, 3.63) is 64.7 Å². The molecule has 32 heavy (non-hydrogen) atoms. The number of hydroxylamine groups is 1. The molecule has 9 nitrogen and oxygen atoms in total. The highest BCUT2D eigenvalue weighted by molar-refractivity contribution is 6.22. The number of carbonyl (C=O) groups excluding carboxylic acids is 4. The molecular formula is C23H23N3O6. The van der Waals surface area contributed by atoms with Crippen LogP contribution in [0.3, 0.4) is 0 Å². The number of methoxy groups -OCH3 is 1. The van der Waals surface area contributed by atoms with Gasteiger partial charge in [0.2, 0.25) is 5.91 Å². The van der Waals surface area contributed by atoms with Gasteiger partial charge >= 0.3 is 5.97 Å². The van der Waals surface area contributed by atoms with Crippen molar-refractivity contribution in [2.24, 2.45) is 0 Å². The fraction of sp³-hybridized carbons (Fsp3) is 0.304. The Balaban J connectivity index is 1.55. The summed E-state index contributed by atoms with van der Waals surface area (Å²) in [5.41, 5.74) is 4.95. The second kappa shape index (κ2) is 8.80. The zero-order chi connectivity index (χ0) is 22.8. The van der Waals surface area contributed by atoms with Crippen LogP contribution in [-0.4, -0.2) is 53.5 Å². The lowest BCUT2D eigenvalue weighted by Gasteiger charge is -2.26.